The second kappa shape index (κ2) is 4.31. The average molecular weight is 236 g/mol. The number of hydrogen-bond acceptors (Lipinski definition) is 5. The molecule has 0 unspecified atom stereocenters. The van der Waals surface area contributed by atoms with Gasteiger partial charge in [-0.25, -0.2) is 9.78 Å². The number of pyridine rings is 1. The number of aromatic carboxylic acids is 1. The quantitative estimate of drug-likeness (QED) is 0.835. The van der Waals surface area contributed by atoms with Gasteiger partial charge in [0.15, 0.2) is 5.16 Å². The van der Waals surface area contributed by atoms with Crippen LogP contribution >= 0.6 is 11.8 Å². The van der Waals surface area contributed by atoms with E-state index in [0.717, 1.165) is 5.69 Å². The lowest BCUT2D eigenvalue weighted by atomic mass is 10.2. The standard InChI is InChI=1S/C9H8N4O2S/c1-5-2-7(6(3-10-5)8(14)15)16-9-11-4-12-13-9/h2-4H,1H3,(H,14,15)(H,11,12,13). The number of aryl methyl sites for hydroxylation is 1. The van der Waals surface area contributed by atoms with Crippen molar-refractivity contribution in [1.82, 2.24) is 20.2 Å². The first kappa shape index (κ1) is 10.6. The van der Waals surface area contributed by atoms with Gasteiger partial charge in [0, 0.05) is 16.8 Å². The van der Waals surface area contributed by atoms with E-state index in [1.165, 1.54) is 24.3 Å². The Hall–Kier alpha value is -1.89. The van der Waals surface area contributed by atoms with Crippen molar-refractivity contribution in [2.45, 2.75) is 17.0 Å². The number of rotatable bonds is 3. The van der Waals surface area contributed by atoms with Gasteiger partial charge in [0.25, 0.3) is 0 Å². The molecule has 0 aromatic carbocycles. The predicted molar refractivity (Wildman–Crippen MR) is 56.4 cm³/mol. The van der Waals surface area contributed by atoms with E-state index < -0.39 is 5.97 Å². The Labute approximate surface area is 95.1 Å². The second-order valence-corrected chi connectivity index (χ2v) is 4.05. The Balaban J connectivity index is 2.38. The number of nitrogens with one attached hydrogen (secondary N) is 1. The van der Waals surface area contributed by atoms with Crippen molar-refractivity contribution in [2.75, 3.05) is 0 Å². The van der Waals surface area contributed by atoms with Crippen LogP contribution in [0.2, 0.25) is 0 Å². The lowest BCUT2D eigenvalue weighted by molar-refractivity contribution is 0.0692. The molecule has 0 spiro atoms. The SMILES string of the molecule is Cc1cc(Sc2ncn[nH]2)c(C(=O)O)cn1. The molecule has 0 aliphatic rings. The van der Waals surface area contributed by atoms with Crippen LogP contribution in [0.15, 0.2) is 28.6 Å². The van der Waals surface area contributed by atoms with E-state index in [2.05, 4.69) is 20.2 Å². The molecule has 2 N–H and O–H groups in total. The van der Waals surface area contributed by atoms with Gasteiger partial charge in [0.2, 0.25) is 0 Å². The van der Waals surface area contributed by atoms with Crippen LogP contribution in [0.3, 0.4) is 0 Å². The molecule has 6 nitrogen and oxygen atoms in total. The molecule has 0 aliphatic heterocycles. The summed E-state index contributed by atoms with van der Waals surface area (Å²) in [7, 11) is 0. The lowest BCUT2D eigenvalue weighted by Gasteiger charge is -2.03. The third-order valence-electron chi connectivity index (χ3n) is 1.83. The number of aromatic nitrogens is 4. The summed E-state index contributed by atoms with van der Waals surface area (Å²) in [5, 5.41) is 15.9. The smallest absolute Gasteiger partial charge is 0.338 e. The zero-order valence-electron chi connectivity index (χ0n) is 8.34. The Bertz CT molecular complexity index is 512. The van der Waals surface area contributed by atoms with Gasteiger partial charge in [-0.05, 0) is 24.8 Å². The van der Waals surface area contributed by atoms with E-state index in [-0.39, 0.29) is 5.56 Å². The van der Waals surface area contributed by atoms with Crippen LogP contribution in [0.5, 0.6) is 0 Å². The molecule has 82 valence electrons. The van der Waals surface area contributed by atoms with E-state index in [1.807, 2.05) is 0 Å². The number of carbonyl (C=O) groups is 1. The van der Waals surface area contributed by atoms with Gasteiger partial charge in [-0.1, -0.05) is 0 Å². The van der Waals surface area contributed by atoms with Crippen molar-refractivity contribution in [3.05, 3.63) is 29.8 Å². The number of hydrogen-bond donors (Lipinski definition) is 2. The highest BCUT2D eigenvalue weighted by Crippen LogP contribution is 2.27. The molecule has 0 fully saturated rings. The molecule has 2 aromatic rings. The topological polar surface area (TPSA) is 91.8 Å². The van der Waals surface area contributed by atoms with Crippen LogP contribution in [0.1, 0.15) is 16.1 Å². The zero-order chi connectivity index (χ0) is 11.5. The summed E-state index contributed by atoms with van der Waals surface area (Å²) in [6, 6.07) is 1.70. The minimum Gasteiger partial charge on any atom is -0.478 e. The first-order valence-electron chi connectivity index (χ1n) is 4.40. The van der Waals surface area contributed by atoms with E-state index in [1.54, 1.807) is 13.0 Å². The highest BCUT2D eigenvalue weighted by Gasteiger charge is 2.13. The molecule has 0 aliphatic carbocycles. The molecular weight excluding hydrogens is 228 g/mol. The van der Waals surface area contributed by atoms with Crippen LogP contribution in [0.25, 0.3) is 0 Å². The monoisotopic (exact) mass is 236 g/mol. The fourth-order valence-corrected chi connectivity index (χ4v) is 2.01. The van der Waals surface area contributed by atoms with Crippen LogP contribution in [0, 0.1) is 6.92 Å². The fraction of sp³-hybridized carbons (Fsp3) is 0.111. The third kappa shape index (κ3) is 2.19. The summed E-state index contributed by atoms with van der Waals surface area (Å²) < 4.78 is 0. The molecule has 0 bridgehead atoms. The lowest BCUT2D eigenvalue weighted by Crippen LogP contribution is -2.00. The Morgan fingerprint density at radius 3 is 2.94 bits per heavy atom. The third-order valence-corrected chi connectivity index (χ3v) is 2.78. The molecule has 0 saturated carbocycles. The van der Waals surface area contributed by atoms with E-state index in [4.69, 9.17) is 5.11 Å². The van der Waals surface area contributed by atoms with Gasteiger partial charge in [-0.2, -0.15) is 5.10 Å². The minimum absolute atomic E-state index is 0.159. The van der Waals surface area contributed by atoms with Gasteiger partial charge >= 0.3 is 5.97 Å². The van der Waals surface area contributed by atoms with Gasteiger partial charge in [0.05, 0.1) is 5.56 Å². The first-order valence-corrected chi connectivity index (χ1v) is 5.21. The van der Waals surface area contributed by atoms with Crippen molar-refractivity contribution >= 4 is 17.7 Å². The molecule has 2 aromatic heterocycles. The number of H-pyrrole nitrogens is 1. The van der Waals surface area contributed by atoms with Gasteiger partial charge in [-0.15, -0.1) is 0 Å². The van der Waals surface area contributed by atoms with Crippen LogP contribution in [-0.4, -0.2) is 31.2 Å². The Morgan fingerprint density at radius 1 is 1.50 bits per heavy atom. The molecule has 2 heterocycles. The highest BCUT2D eigenvalue weighted by atomic mass is 32.2. The number of carboxylic acids is 1. The van der Waals surface area contributed by atoms with E-state index >= 15 is 0 Å². The Kier molecular flexibility index (Phi) is 2.86. The zero-order valence-corrected chi connectivity index (χ0v) is 9.15. The maximum absolute atomic E-state index is 11.0. The maximum atomic E-state index is 11.0. The summed E-state index contributed by atoms with van der Waals surface area (Å²) in [4.78, 5) is 19.4. The summed E-state index contributed by atoms with van der Waals surface area (Å²) in [6.45, 7) is 1.80. The van der Waals surface area contributed by atoms with Crippen molar-refractivity contribution in [3.8, 4) is 0 Å². The van der Waals surface area contributed by atoms with E-state index in [9.17, 15) is 4.79 Å². The summed E-state index contributed by atoms with van der Waals surface area (Å²) in [6.07, 6.45) is 2.72. The molecule has 0 radical (unpaired) electrons. The van der Waals surface area contributed by atoms with Gasteiger partial charge in [-0.3, -0.25) is 10.1 Å². The molecule has 0 atom stereocenters. The molecular formula is C9H8N4O2S. The van der Waals surface area contributed by atoms with Crippen LogP contribution < -0.4 is 0 Å². The van der Waals surface area contributed by atoms with Crippen LogP contribution in [0.4, 0.5) is 0 Å². The number of carboxylic acid groups (broad SMARTS) is 1. The first-order chi connectivity index (χ1) is 7.66. The second-order valence-electron chi connectivity index (χ2n) is 3.02. The van der Waals surface area contributed by atoms with Crippen molar-refractivity contribution in [3.63, 3.8) is 0 Å². The van der Waals surface area contributed by atoms with E-state index in [0.29, 0.717) is 10.1 Å². The molecule has 0 amide bonds. The molecule has 0 saturated heterocycles. The summed E-state index contributed by atoms with van der Waals surface area (Å²) in [5.41, 5.74) is 0.916. The average Bonchev–Trinajstić information content (AvgIpc) is 2.70. The van der Waals surface area contributed by atoms with Crippen molar-refractivity contribution in [2.24, 2.45) is 0 Å². The highest BCUT2D eigenvalue weighted by molar-refractivity contribution is 7.99. The van der Waals surface area contributed by atoms with Crippen molar-refractivity contribution < 1.29 is 9.90 Å². The fourth-order valence-electron chi connectivity index (χ4n) is 1.13. The maximum Gasteiger partial charge on any atom is 0.338 e. The normalized spacial score (nSPS) is 10.3. The largest absolute Gasteiger partial charge is 0.478 e. The van der Waals surface area contributed by atoms with Crippen LogP contribution in [-0.2, 0) is 0 Å². The Morgan fingerprint density at radius 2 is 2.31 bits per heavy atom. The number of aromatic amines is 1. The molecule has 7 heteroatoms. The predicted octanol–water partition coefficient (Wildman–Crippen LogP) is 1.36. The van der Waals surface area contributed by atoms with Gasteiger partial charge in [0.1, 0.15) is 6.33 Å². The van der Waals surface area contributed by atoms with Gasteiger partial charge < -0.3 is 5.11 Å². The summed E-state index contributed by atoms with van der Waals surface area (Å²) in [5.74, 6) is -1.01. The summed E-state index contributed by atoms with van der Waals surface area (Å²) >= 11 is 1.21. The molecule has 2 rings (SSSR count). The number of nitrogens with zero attached hydrogens (tertiary/aromatic N) is 3. The van der Waals surface area contributed by atoms with Crippen molar-refractivity contribution in [1.29, 1.82) is 0 Å². The molecule has 16 heavy (non-hydrogen) atoms. The minimum atomic E-state index is -1.01.